The molecule has 0 spiro atoms. The minimum atomic E-state index is -0.716. The van der Waals surface area contributed by atoms with E-state index in [2.05, 4.69) is 5.32 Å². The van der Waals surface area contributed by atoms with Crippen LogP contribution in [-0.4, -0.2) is 24.2 Å². The predicted molar refractivity (Wildman–Crippen MR) is 81.7 cm³/mol. The third kappa shape index (κ3) is 3.14. The van der Waals surface area contributed by atoms with E-state index in [0.29, 0.717) is 12.8 Å². The molecule has 22 heavy (non-hydrogen) atoms. The molecule has 1 aliphatic rings. The standard InChI is InChI=1S/C17H23NO4/c1-4-17(5-2)15(20)18-16(17)22-12(3)14(19)21-11-13-9-7-6-8-10-13/h6-10,12,16H,4-5,11H2,1-3H3,(H,18,20)/t12-,16+/m0/s1. The Morgan fingerprint density at radius 2 is 1.91 bits per heavy atom. The largest absolute Gasteiger partial charge is 0.459 e. The van der Waals surface area contributed by atoms with Crippen LogP contribution in [0.5, 0.6) is 0 Å². The first kappa shape index (κ1) is 16.5. The van der Waals surface area contributed by atoms with E-state index in [-0.39, 0.29) is 12.5 Å². The van der Waals surface area contributed by atoms with Crippen LogP contribution >= 0.6 is 0 Å². The molecule has 5 nitrogen and oxygen atoms in total. The molecule has 1 heterocycles. The van der Waals surface area contributed by atoms with Crippen LogP contribution in [-0.2, 0) is 25.7 Å². The van der Waals surface area contributed by atoms with Crippen LogP contribution in [0.25, 0.3) is 0 Å². The maximum Gasteiger partial charge on any atom is 0.335 e. The Morgan fingerprint density at radius 3 is 2.45 bits per heavy atom. The molecule has 1 amide bonds. The monoisotopic (exact) mass is 305 g/mol. The highest BCUT2D eigenvalue weighted by molar-refractivity contribution is 5.89. The average molecular weight is 305 g/mol. The van der Waals surface area contributed by atoms with Crippen molar-refractivity contribution in [2.45, 2.75) is 52.6 Å². The van der Waals surface area contributed by atoms with Gasteiger partial charge in [-0.3, -0.25) is 4.79 Å². The fourth-order valence-electron chi connectivity index (χ4n) is 2.65. The van der Waals surface area contributed by atoms with Crippen LogP contribution in [0.1, 0.15) is 39.2 Å². The first-order valence-corrected chi connectivity index (χ1v) is 7.70. The summed E-state index contributed by atoms with van der Waals surface area (Å²) in [6, 6.07) is 9.48. The summed E-state index contributed by atoms with van der Waals surface area (Å²) in [7, 11) is 0. The second-order valence-electron chi connectivity index (χ2n) is 5.59. The van der Waals surface area contributed by atoms with E-state index in [4.69, 9.17) is 9.47 Å². The summed E-state index contributed by atoms with van der Waals surface area (Å²) in [5.74, 6) is -0.432. The number of carbonyl (C=O) groups is 2. The molecule has 0 bridgehead atoms. The van der Waals surface area contributed by atoms with Crippen molar-refractivity contribution in [3.05, 3.63) is 35.9 Å². The van der Waals surface area contributed by atoms with Gasteiger partial charge >= 0.3 is 5.97 Å². The Labute approximate surface area is 131 Å². The highest BCUT2D eigenvalue weighted by Gasteiger charge is 2.54. The lowest BCUT2D eigenvalue weighted by Crippen LogP contribution is -2.68. The summed E-state index contributed by atoms with van der Waals surface area (Å²) in [6.07, 6.45) is 0.235. The second kappa shape index (κ2) is 6.92. The van der Waals surface area contributed by atoms with E-state index in [0.717, 1.165) is 5.56 Å². The molecular weight excluding hydrogens is 282 g/mol. The molecule has 1 aromatic rings. The van der Waals surface area contributed by atoms with Crippen molar-refractivity contribution in [3.8, 4) is 0 Å². The fraction of sp³-hybridized carbons (Fsp3) is 0.529. The molecule has 0 saturated carbocycles. The highest BCUT2D eigenvalue weighted by atomic mass is 16.6. The van der Waals surface area contributed by atoms with Gasteiger partial charge in [0.2, 0.25) is 5.91 Å². The Bertz CT molecular complexity index is 525. The van der Waals surface area contributed by atoms with Gasteiger partial charge in [-0.25, -0.2) is 4.79 Å². The number of ether oxygens (including phenoxy) is 2. The molecule has 0 aromatic heterocycles. The van der Waals surface area contributed by atoms with Gasteiger partial charge in [0.25, 0.3) is 0 Å². The smallest absolute Gasteiger partial charge is 0.335 e. The zero-order valence-electron chi connectivity index (χ0n) is 13.3. The molecule has 0 unspecified atom stereocenters. The van der Waals surface area contributed by atoms with Gasteiger partial charge < -0.3 is 14.8 Å². The van der Waals surface area contributed by atoms with Crippen LogP contribution in [0, 0.1) is 5.41 Å². The lowest BCUT2D eigenvalue weighted by molar-refractivity contribution is -0.194. The number of hydrogen-bond acceptors (Lipinski definition) is 4. The molecule has 120 valence electrons. The van der Waals surface area contributed by atoms with Crippen molar-refractivity contribution < 1.29 is 19.1 Å². The third-order valence-electron chi connectivity index (χ3n) is 4.37. The third-order valence-corrected chi connectivity index (χ3v) is 4.37. The number of nitrogens with one attached hydrogen (secondary N) is 1. The fourth-order valence-corrected chi connectivity index (χ4v) is 2.65. The number of rotatable bonds is 7. The second-order valence-corrected chi connectivity index (χ2v) is 5.59. The molecule has 5 heteroatoms. The van der Waals surface area contributed by atoms with E-state index >= 15 is 0 Å². The number of β-lactam (4-membered cyclic amide) rings is 1. The van der Waals surface area contributed by atoms with Crippen LogP contribution in [0.15, 0.2) is 30.3 Å². The summed E-state index contributed by atoms with van der Waals surface area (Å²) in [5, 5.41) is 2.73. The van der Waals surface area contributed by atoms with Crippen molar-refractivity contribution in [1.29, 1.82) is 0 Å². The molecule has 0 radical (unpaired) electrons. The predicted octanol–water partition coefficient (Wildman–Crippen LogP) is 2.40. The molecule has 1 aromatic carbocycles. The quantitative estimate of drug-likeness (QED) is 0.620. The van der Waals surface area contributed by atoms with E-state index in [1.807, 2.05) is 44.2 Å². The summed E-state index contributed by atoms with van der Waals surface area (Å²) in [5.41, 5.74) is 0.407. The Balaban J connectivity index is 1.85. The summed E-state index contributed by atoms with van der Waals surface area (Å²) < 4.78 is 10.9. The molecule has 2 rings (SSSR count). The number of esters is 1. The van der Waals surface area contributed by atoms with Crippen molar-refractivity contribution >= 4 is 11.9 Å². The molecule has 2 atom stereocenters. The van der Waals surface area contributed by atoms with Gasteiger partial charge in [-0.1, -0.05) is 44.2 Å². The summed E-state index contributed by atoms with van der Waals surface area (Å²) >= 11 is 0. The number of amides is 1. The van der Waals surface area contributed by atoms with Gasteiger partial charge in [-0.05, 0) is 25.3 Å². The summed E-state index contributed by atoms with van der Waals surface area (Å²) in [6.45, 7) is 5.78. The molecular formula is C17H23NO4. The Morgan fingerprint density at radius 1 is 1.27 bits per heavy atom. The first-order valence-electron chi connectivity index (χ1n) is 7.70. The van der Waals surface area contributed by atoms with Gasteiger partial charge in [0.05, 0.1) is 5.41 Å². The van der Waals surface area contributed by atoms with Gasteiger partial charge in [0.1, 0.15) is 12.8 Å². The van der Waals surface area contributed by atoms with Crippen LogP contribution in [0.3, 0.4) is 0 Å². The van der Waals surface area contributed by atoms with Gasteiger partial charge in [0.15, 0.2) is 6.10 Å². The molecule has 1 saturated heterocycles. The lowest BCUT2D eigenvalue weighted by atomic mass is 9.73. The van der Waals surface area contributed by atoms with Crippen molar-refractivity contribution in [2.75, 3.05) is 0 Å². The maximum atomic E-state index is 12.0. The zero-order chi connectivity index (χ0) is 16.2. The van der Waals surface area contributed by atoms with Crippen molar-refractivity contribution in [1.82, 2.24) is 5.32 Å². The number of carbonyl (C=O) groups excluding carboxylic acids is 2. The number of hydrogen-bond donors (Lipinski definition) is 1. The lowest BCUT2D eigenvalue weighted by Gasteiger charge is -2.47. The first-order chi connectivity index (χ1) is 10.5. The van der Waals surface area contributed by atoms with E-state index in [1.54, 1.807) is 6.92 Å². The zero-order valence-corrected chi connectivity index (χ0v) is 13.3. The van der Waals surface area contributed by atoms with Gasteiger partial charge in [0, 0.05) is 0 Å². The van der Waals surface area contributed by atoms with Crippen molar-refractivity contribution in [3.63, 3.8) is 0 Å². The van der Waals surface area contributed by atoms with Gasteiger partial charge in [-0.15, -0.1) is 0 Å². The highest BCUT2D eigenvalue weighted by Crippen LogP contribution is 2.39. The van der Waals surface area contributed by atoms with E-state index < -0.39 is 23.7 Å². The van der Waals surface area contributed by atoms with Crippen LogP contribution < -0.4 is 5.32 Å². The SMILES string of the molecule is CCC1(CC)C(=O)N[C@@H]1O[C@@H](C)C(=O)OCc1ccccc1. The van der Waals surface area contributed by atoms with Crippen molar-refractivity contribution in [2.24, 2.45) is 5.41 Å². The van der Waals surface area contributed by atoms with Crippen LogP contribution in [0.4, 0.5) is 0 Å². The maximum absolute atomic E-state index is 12.0. The number of benzene rings is 1. The normalized spacial score (nSPS) is 20.7. The molecule has 1 fully saturated rings. The van der Waals surface area contributed by atoms with Crippen LogP contribution in [0.2, 0.25) is 0 Å². The Kier molecular flexibility index (Phi) is 5.19. The van der Waals surface area contributed by atoms with E-state index in [9.17, 15) is 9.59 Å². The van der Waals surface area contributed by atoms with E-state index in [1.165, 1.54) is 0 Å². The Hall–Kier alpha value is -1.88. The minimum absolute atomic E-state index is 0.00708. The molecule has 1 N–H and O–H groups in total. The molecule has 0 aliphatic carbocycles. The molecule has 1 aliphatic heterocycles. The minimum Gasteiger partial charge on any atom is -0.459 e. The summed E-state index contributed by atoms with van der Waals surface area (Å²) in [4.78, 5) is 23.8. The van der Waals surface area contributed by atoms with Gasteiger partial charge in [-0.2, -0.15) is 0 Å². The topological polar surface area (TPSA) is 64.6 Å². The average Bonchev–Trinajstić information content (AvgIpc) is 2.54.